The Morgan fingerprint density at radius 2 is 1.67 bits per heavy atom. The van der Waals surface area contributed by atoms with Crippen molar-refractivity contribution in [2.75, 3.05) is 38.7 Å². The fourth-order valence-electron chi connectivity index (χ4n) is 3.87. The molecular weight excluding hydrogens is 518 g/mol. The zero-order valence-corrected chi connectivity index (χ0v) is 23.1. The molecule has 0 fully saturated rings. The third-order valence-corrected chi connectivity index (χ3v) is 6.45. The largest absolute Gasteiger partial charge is 0.489 e. The maximum Gasteiger partial charge on any atom is 0.273 e. The molecule has 1 atom stereocenters. The number of nitrogens with one attached hydrogen (secondary N) is 2. The molecule has 2 aromatic carbocycles. The highest BCUT2D eigenvalue weighted by atomic mass is 35.5. The zero-order chi connectivity index (χ0) is 28.2. The molecule has 0 aliphatic heterocycles. The minimum atomic E-state index is -0.461. The third-order valence-electron chi connectivity index (χ3n) is 6.17. The lowest BCUT2D eigenvalue weighted by Gasteiger charge is -2.24. The summed E-state index contributed by atoms with van der Waals surface area (Å²) in [6.45, 7) is 1.48. The lowest BCUT2D eigenvalue weighted by molar-refractivity contribution is -0.120. The molecule has 2 amide bonds. The average molecular weight is 554 g/mol. The minimum absolute atomic E-state index is 0.0222. The summed E-state index contributed by atoms with van der Waals surface area (Å²) in [5.41, 5.74) is 13.3. The van der Waals surface area contributed by atoms with E-state index in [0.717, 1.165) is 36.1 Å². The van der Waals surface area contributed by atoms with E-state index in [2.05, 4.69) is 20.6 Å². The predicted octanol–water partition coefficient (Wildman–Crippen LogP) is 3.06. The molecule has 3 aromatic rings. The van der Waals surface area contributed by atoms with Crippen LogP contribution in [0.3, 0.4) is 0 Å². The van der Waals surface area contributed by atoms with E-state index < -0.39 is 5.91 Å². The predicted molar refractivity (Wildman–Crippen MR) is 153 cm³/mol. The van der Waals surface area contributed by atoms with Crippen molar-refractivity contribution in [3.63, 3.8) is 0 Å². The van der Waals surface area contributed by atoms with Gasteiger partial charge >= 0.3 is 0 Å². The summed E-state index contributed by atoms with van der Waals surface area (Å²) in [6.07, 6.45) is 2.84. The van der Waals surface area contributed by atoms with E-state index >= 15 is 0 Å². The number of ether oxygens (including phenoxy) is 1. The van der Waals surface area contributed by atoms with Gasteiger partial charge in [0.1, 0.15) is 12.4 Å². The van der Waals surface area contributed by atoms with Gasteiger partial charge in [0, 0.05) is 19.1 Å². The Morgan fingerprint density at radius 1 is 0.949 bits per heavy atom. The number of carbonyl (C=O) groups excluding carboxylic acids is 2. The number of hydrogen-bond donors (Lipinski definition) is 4. The molecule has 0 radical (unpaired) electrons. The molecular formula is C28H36ClN7O3. The molecule has 6 N–H and O–H groups in total. The van der Waals surface area contributed by atoms with Crippen LogP contribution in [0.4, 0.5) is 11.6 Å². The number of amides is 2. The standard InChI is InChI=1S/C28H36ClN7O3/c1-36(2)21(17-33-28(38)24-26(30)35-27(31)25(29)34-24)10-6-7-15-32-23(37)16-19-11-13-22(14-12-19)39-18-20-8-4-3-5-9-20/h3-5,8-9,11-14,21H,6-7,10,15-18H2,1-2H3,(H,32,37)(H,33,38)(H4,30,31,35)/t21-/m0/s1. The Morgan fingerprint density at radius 3 is 2.36 bits per heavy atom. The highest BCUT2D eigenvalue weighted by molar-refractivity contribution is 6.31. The van der Waals surface area contributed by atoms with Crippen molar-refractivity contribution in [3.05, 3.63) is 76.6 Å². The maximum atomic E-state index is 12.5. The first-order valence-corrected chi connectivity index (χ1v) is 13.2. The zero-order valence-electron chi connectivity index (χ0n) is 22.3. The van der Waals surface area contributed by atoms with Gasteiger partial charge in [0.25, 0.3) is 5.91 Å². The van der Waals surface area contributed by atoms with Crippen LogP contribution in [0.1, 0.15) is 40.9 Å². The van der Waals surface area contributed by atoms with Crippen molar-refractivity contribution in [1.29, 1.82) is 0 Å². The van der Waals surface area contributed by atoms with Crippen molar-refractivity contribution in [2.24, 2.45) is 0 Å². The molecule has 0 saturated carbocycles. The monoisotopic (exact) mass is 553 g/mol. The Hall–Kier alpha value is -3.89. The number of rotatable bonds is 14. The summed E-state index contributed by atoms with van der Waals surface area (Å²) in [4.78, 5) is 34.7. The first kappa shape index (κ1) is 29.7. The second-order valence-electron chi connectivity index (χ2n) is 9.40. The van der Waals surface area contributed by atoms with E-state index in [0.29, 0.717) is 26.1 Å². The topological polar surface area (TPSA) is 148 Å². The first-order valence-electron chi connectivity index (χ1n) is 12.8. The fourth-order valence-corrected chi connectivity index (χ4v) is 4.00. The molecule has 11 heteroatoms. The van der Waals surface area contributed by atoms with Gasteiger partial charge in [0.05, 0.1) is 6.42 Å². The number of nitrogen functional groups attached to an aromatic ring is 2. The quantitative estimate of drug-likeness (QED) is 0.223. The lowest BCUT2D eigenvalue weighted by atomic mass is 10.1. The van der Waals surface area contributed by atoms with Gasteiger partial charge < -0.3 is 31.7 Å². The number of aromatic nitrogens is 2. The van der Waals surface area contributed by atoms with Crippen LogP contribution in [0.25, 0.3) is 0 Å². The van der Waals surface area contributed by atoms with E-state index in [9.17, 15) is 9.59 Å². The molecule has 39 heavy (non-hydrogen) atoms. The molecule has 1 heterocycles. The normalized spacial score (nSPS) is 11.7. The second-order valence-corrected chi connectivity index (χ2v) is 9.76. The van der Waals surface area contributed by atoms with Crippen LogP contribution in [0.15, 0.2) is 54.6 Å². The highest BCUT2D eigenvalue weighted by Gasteiger charge is 2.18. The molecule has 3 rings (SSSR count). The van der Waals surface area contributed by atoms with E-state index in [4.69, 9.17) is 27.8 Å². The van der Waals surface area contributed by atoms with Gasteiger partial charge in [0.15, 0.2) is 22.5 Å². The van der Waals surface area contributed by atoms with Crippen LogP contribution >= 0.6 is 11.6 Å². The van der Waals surface area contributed by atoms with E-state index in [-0.39, 0.29) is 34.4 Å². The van der Waals surface area contributed by atoms with Crippen molar-refractivity contribution in [3.8, 4) is 5.75 Å². The summed E-state index contributed by atoms with van der Waals surface area (Å²) >= 11 is 5.87. The summed E-state index contributed by atoms with van der Waals surface area (Å²) in [7, 11) is 3.90. The maximum absolute atomic E-state index is 12.5. The number of nitrogens with two attached hydrogens (primary N) is 2. The van der Waals surface area contributed by atoms with Gasteiger partial charge in [0.2, 0.25) is 5.91 Å². The van der Waals surface area contributed by atoms with Gasteiger partial charge in [-0.25, -0.2) is 9.97 Å². The van der Waals surface area contributed by atoms with E-state index in [1.807, 2.05) is 73.6 Å². The van der Waals surface area contributed by atoms with Crippen LogP contribution in [-0.4, -0.2) is 59.9 Å². The van der Waals surface area contributed by atoms with E-state index in [1.54, 1.807) is 0 Å². The fraction of sp³-hybridized carbons (Fsp3) is 0.357. The van der Waals surface area contributed by atoms with Gasteiger partial charge in [-0.05, 0) is 50.2 Å². The summed E-state index contributed by atoms with van der Waals surface area (Å²) < 4.78 is 5.80. The Kier molecular flexibility index (Phi) is 11.3. The number of anilines is 2. The SMILES string of the molecule is CN(C)[C@@H](CCCCNC(=O)Cc1ccc(OCc2ccccc2)cc1)CNC(=O)c1nc(Cl)c(N)nc1N. The average Bonchev–Trinajstić information content (AvgIpc) is 2.92. The Balaban J connectivity index is 1.33. The van der Waals surface area contributed by atoms with Crippen LogP contribution in [0.2, 0.25) is 5.15 Å². The second kappa shape index (κ2) is 14.9. The lowest BCUT2D eigenvalue weighted by Crippen LogP contribution is -2.40. The number of halogens is 1. The molecule has 1 aromatic heterocycles. The molecule has 0 bridgehead atoms. The molecule has 0 spiro atoms. The molecule has 208 valence electrons. The number of carbonyl (C=O) groups is 2. The van der Waals surface area contributed by atoms with Gasteiger partial charge in [-0.15, -0.1) is 0 Å². The molecule has 0 unspecified atom stereocenters. The smallest absolute Gasteiger partial charge is 0.273 e. The van der Waals surface area contributed by atoms with Gasteiger partial charge in [-0.2, -0.15) is 0 Å². The van der Waals surface area contributed by atoms with Crippen LogP contribution < -0.4 is 26.8 Å². The number of hydrogen-bond acceptors (Lipinski definition) is 8. The van der Waals surface area contributed by atoms with Crippen molar-refractivity contribution < 1.29 is 14.3 Å². The van der Waals surface area contributed by atoms with E-state index in [1.165, 1.54) is 0 Å². The van der Waals surface area contributed by atoms with Crippen LogP contribution in [-0.2, 0) is 17.8 Å². The highest BCUT2D eigenvalue weighted by Crippen LogP contribution is 2.17. The summed E-state index contributed by atoms with van der Waals surface area (Å²) in [6, 6.07) is 17.6. The minimum Gasteiger partial charge on any atom is -0.489 e. The van der Waals surface area contributed by atoms with Crippen molar-refractivity contribution >= 4 is 35.1 Å². The number of benzene rings is 2. The molecule has 10 nitrogen and oxygen atoms in total. The van der Waals surface area contributed by atoms with Crippen LogP contribution in [0.5, 0.6) is 5.75 Å². The third kappa shape index (κ3) is 9.73. The number of nitrogens with zero attached hydrogens (tertiary/aromatic N) is 3. The number of unbranched alkanes of at least 4 members (excludes halogenated alkanes) is 1. The molecule has 0 saturated heterocycles. The summed E-state index contributed by atoms with van der Waals surface area (Å²) in [5, 5.41) is 5.75. The molecule has 0 aliphatic rings. The Labute approximate surface area is 234 Å². The Bertz CT molecular complexity index is 1220. The first-order chi connectivity index (χ1) is 18.7. The molecule has 0 aliphatic carbocycles. The van der Waals surface area contributed by atoms with Crippen LogP contribution in [0, 0.1) is 0 Å². The van der Waals surface area contributed by atoms with Crippen molar-refractivity contribution in [1.82, 2.24) is 25.5 Å². The number of likely N-dealkylation sites (N-methyl/N-ethyl adjacent to an activating group) is 1. The van der Waals surface area contributed by atoms with Crippen molar-refractivity contribution in [2.45, 2.75) is 38.3 Å². The van der Waals surface area contributed by atoms with Gasteiger partial charge in [-0.1, -0.05) is 60.5 Å². The van der Waals surface area contributed by atoms with Gasteiger partial charge in [-0.3, -0.25) is 9.59 Å². The summed E-state index contributed by atoms with van der Waals surface area (Å²) in [5.74, 6) is 0.190.